The van der Waals surface area contributed by atoms with Crippen molar-refractivity contribution in [2.75, 3.05) is 11.9 Å². The molecule has 0 aliphatic rings. The lowest BCUT2D eigenvalue weighted by Crippen LogP contribution is -2.13. The van der Waals surface area contributed by atoms with E-state index in [0.29, 0.717) is 22.7 Å². The highest BCUT2D eigenvalue weighted by Crippen LogP contribution is 2.21. The molecule has 1 unspecified atom stereocenters. The Morgan fingerprint density at radius 3 is 2.69 bits per heavy atom. The van der Waals surface area contributed by atoms with E-state index in [1.807, 2.05) is 0 Å². The topological polar surface area (TPSA) is 9.23 Å². The van der Waals surface area contributed by atoms with Crippen LogP contribution in [0.15, 0.2) is 22.7 Å². The van der Waals surface area contributed by atoms with Crippen LogP contribution in [-0.4, -0.2) is 11.9 Å². The minimum Gasteiger partial charge on any atom is -0.493 e. The van der Waals surface area contributed by atoms with E-state index in [-0.39, 0.29) is 5.82 Å². The molecule has 0 amide bonds. The largest absolute Gasteiger partial charge is 0.493 e. The van der Waals surface area contributed by atoms with Crippen LogP contribution in [0.5, 0.6) is 5.75 Å². The van der Waals surface area contributed by atoms with Gasteiger partial charge in [0.25, 0.3) is 0 Å². The van der Waals surface area contributed by atoms with Gasteiger partial charge in [0.05, 0.1) is 6.61 Å². The molecule has 4 heteroatoms. The Hall–Kier alpha value is -0.0900. The summed E-state index contributed by atoms with van der Waals surface area (Å²) < 4.78 is 19.3. The molecule has 0 aliphatic carbocycles. The second-order valence-corrected chi connectivity index (χ2v) is 5.29. The Labute approximate surface area is 113 Å². The highest BCUT2D eigenvalue weighted by Gasteiger charge is 2.07. The average Bonchev–Trinajstić information content (AvgIpc) is 2.23. The second kappa shape index (κ2) is 7.28. The molecule has 16 heavy (non-hydrogen) atoms. The fourth-order valence-corrected chi connectivity index (χ4v) is 2.39. The third kappa shape index (κ3) is 4.83. The molecule has 0 fully saturated rings. The Bertz CT molecular complexity index is 311. The van der Waals surface area contributed by atoms with Crippen LogP contribution < -0.4 is 4.74 Å². The third-order valence-corrected chi connectivity index (χ3v) is 3.61. The Morgan fingerprint density at radius 1 is 1.38 bits per heavy atom. The minimum atomic E-state index is -0.282. The van der Waals surface area contributed by atoms with Gasteiger partial charge in [-0.2, -0.15) is 0 Å². The van der Waals surface area contributed by atoms with Gasteiger partial charge in [0.1, 0.15) is 11.6 Å². The molecule has 1 nitrogen and oxygen atoms in total. The van der Waals surface area contributed by atoms with Crippen LogP contribution in [0.1, 0.15) is 19.8 Å². The first-order valence-electron chi connectivity index (χ1n) is 5.30. The molecule has 0 radical (unpaired) electrons. The quantitative estimate of drug-likeness (QED) is 0.669. The zero-order valence-corrected chi connectivity index (χ0v) is 12.4. The van der Waals surface area contributed by atoms with Crippen molar-refractivity contribution >= 4 is 31.9 Å². The monoisotopic (exact) mass is 352 g/mol. The number of ether oxygens (including phenoxy) is 1. The molecule has 1 rings (SSSR count). The summed E-state index contributed by atoms with van der Waals surface area (Å²) in [6.07, 6.45) is 2.24. The molecule has 0 aromatic heterocycles. The van der Waals surface area contributed by atoms with Gasteiger partial charge in [-0.25, -0.2) is 4.39 Å². The molecule has 0 aliphatic heterocycles. The number of benzene rings is 1. The van der Waals surface area contributed by atoms with Gasteiger partial charge in [-0.15, -0.1) is 0 Å². The Balaban J connectivity index is 2.52. The van der Waals surface area contributed by atoms with Gasteiger partial charge < -0.3 is 4.74 Å². The molecular formula is C12H15Br2FO. The molecule has 0 N–H and O–H groups in total. The maximum absolute atomic E-state index is 13.1. The summed E-state index contributed by atoms with van der Waals surface area (Å²) in [4.78, 5) is 0. The number of hydrogen-bond donors (Lipinski definition) is 0. The van der Waals surface area contributed by atoms with Crippen LogP contribution in [0.4, 0.5) is 4.39 Å². The molecule has 0 spiro atoms. The molecular weight excluding hydrogens is 339 g/mol. The lowest BCUT2D eigenvalue weighted by atomic mass is 10.1. The molecule has 0 saturated carbocycles. The number of halogens is 3. The minimum absolute atomic E-state index is 0.282. The van der Waals surface area contributed by atoms with Crippen molar-refractivity contribution in [3.63, 3.8) is 0 Å². The summed E-state index contributed by atoms with van der Waals surface area (Å²) in [6, 6.07) is 4.60. The van der Waals surface area contributed by atoms with Crippen LogP contribution in [0.2, 0.25) is 0 Å². The van der Waals surface area contributed by atoms with Crippen molar-refractivity contribution in [3.8, 4) is 5.75 Å². The zero-order valence-electron chi connectivity index (χ0n) is 9.18. The van der Waals surface area contributed by atoms with Gasteiger partial charge in [-0.05, 0) is 18.6 Å². The molecule has 1 atom stereocenters. The first-order valence-corrected chi connectivity index (χ1v) is 7.22. The maximum atomic E-state index is 13.1. The van der Waals surface area contributed by atoms with Gasteiger partial charge in [0.15, 0.2) is 0 Å². The van der Waals surface area contributed by atoms with E-state index in [1.54, 1.807) is 6.07 Å². The van der Waals surface area contributed by atoms with Crippen LogP contribution in [-0.2, 0) is 0 Å². The fraction of sp³-hybridized carbons (Fsp3) is 0.500. The Morgan fingerprint density at radius 2 is 2.12 bits per heavy atom. The van der Waals surface area contributed by atoms with E-state index in [4.69, 9.17) is 4.74 Å². The van der Waals surface area contributed by atoms with Crippen LogP contribution in [0.25, 0.3) is 0 Å². The summed E-state index contributed by atoms with van der Waals surface area (Å²) in [7, 11) is 0. The van der Waals surface area contributed by atoms with Gasteiger partial charge in [0.2, 0.25) is 0 Å². The average molecular weight is 354 g/mol. The van der Waals surface area contributed by atoms with E-state index >= 15 is 0 Å². The van der Waals surface area contributed by atoms with Gasteiger partial charge in [-0.3, -0.25) is 0 Å². The maximum Gasteiger partial charge on any atom is 0.128 e. The number of rotatable bonds is 6. The van der Waals surface area contributed by atoms with E-state index in [2.05, 4.69) is 38.8 Å². The third-order valence-electron chi connectivity index (χ3n) is 2.24. The summed E-state index contributed by atoms with van der Waals surface area (Å²) in [5.41, 5.74) is 0. The first kappa shape index (κ1) is 14.0. The SMILES string of the molecule is CCCC(CBr)COc1cc(F)cc(Br)c1. The van der Waals surface area contributed by atoms with E-state index in [1.165, 1.54) is 12.1 Å². The van der Waals surface area contributed by atoms with Crippen molar-refractivity contribution < 1.29 is 9.13 Å². The highest BCUT2D eigenvalue weighted by molar-refractivity contribution is 9.10. The molecule has 0 bridgehead atoms. The van der Waals surface area contributed by atoms with Crippen molar-refractivity contribution in [1.82, 2.24) is 0 Å². The first-order chi connectivity index (χ1) is 7.65. The van der Waals surface area contributed by atoms with Crippen LogP contribution >= 0.6 is 31.9 Å². The lowest BCUT2D eigenvalue weighted by molar-refractivity contribution is 0.254. The van der Waals surface area contributed by atoms with Gasteiger partial charge in [0, 0.05) is 21.8 Å². The van der Waals surface area contributed by atoms with E-state index < -0.39 is 0 Å². The van der Waals surface area contributed by atoms with E-state index in [9.17, 15) is 4.39 Å². The fourth-order valence-electron chi connectivity index (χ4n) is 1.44. The van der Waals surface area contributed by atoms with E-state index in [0.717, 1.165) is 18.2 Å². The second-order valence-electron chi connectivity index (χ2n) is 3.73. The molecule has 1 aromatic rings. The number of hydrogen-bond acceptors (Lipinski definition) is 1. The predicted octanol–water partition coefficient (Wildman–Crippen LogP) is 4.78. The number of alkyl halides is 1. The standard InChI is InChI=1S/C12H15Br2FO/c1-2-3-9(7-13)8-16-12-5-10(14)4-11(15)6-12/h4-6,9H,2-3,7-8H2,1H3. The molecule has 90 valence electrons. The van der Waals surface area contributed by atoms with Crippen molar-refractivity contribution in [3.05, 3.63) is 28.5 Å². The van der Waals surface area contributed by atoms with Crippen LogP contribution in [0, 0.1) is 11.7 Å². The molecule has 0 heterocycles. The van der Waals surface area contributed by atoms with Crippen molar-refractivity contribution in [1.29, 1.82) is 0 Å². The zero-order chi connectivity index (χ0) is 12.0. The normalized spacial score (nSPS) is 12.5. The summed E-state index contributed by atoms with van der Waals surface area (Å²) >= 11 is 6.69. The lowest BCUT2D eigenvalue weighted by Gasteiger charge is -2.14. The molecule has 0 saturated heterocycles. The van der Waals surface area contributed by atoms with Crippen molar-refractivity contribution in [2.45, 2.75) is 19.8 Å². The van der Waals surface area contributed by atoms with Crippen molar-refractivity contribution in [2.24, 2.45) is 5.92 Å². The summed E-state index contributed by atoms with van der Waals surface area (Å²) in [6.45, 7) is 2.77. The smallest absolute Gasteiger partial charge is 0.128 e. The molecule has 1 aromatic carbocycles. The summed E-state index contributed by atoms with van der Waals surface area (Å²) in [5, 5.41) is 0.914. The Kier molecular flexibility index (Phi) is 6.36. The van der Waals surface area contributed by atoms with Crippen LogP contribution in [0.3, 0.4) is 0 Å². The highest BCUT2D eigenvalue weighted by atomic mass is 79.9. The van der Waals surface area contributed by atoms with Gasteiger partial charge >= 0.3 is 0 Å². The predicted molar refractivity (Wildman–Crippen MR) is 71.8 cm³/mol. The van der Waals surface area contributed by atoms with Gasteiger partial charge in [-0.1, -0.05) is 45.2 Å². The summed E-state index contributed by atoms with van der Waals surface area (Å²) in [5.74, 6) is 0.774.